The number of hydrogen-bond acceptors (Lipinski definition) is 4. The summed E-state index contributed by atoms with van der Waals surface area (Å²) in [4.78, 5) is 23.0. The molecule has 2 N–H and O–H groups in total. The van der Waals surface area contributed by atoms with Crippen molar-refractivity contribution < 1.29 is 14.3 Å². The van der Waals surface area contributed by atoms with Gasteiger partial charge in [0.2, 0.25) is 0 Å². The number of aromatic amines is 1. The van der Waals surface area contributed by atoms with Crippen LogP contribution in [0.5, 0.6) is 5.75 Å². The summed E-state index contributed by atoms with van der Waals surface area (Å²) in [6.45, 7) is 5.03. The third kappa shape index (κ3) is 3.68. The number of hydrogen-bond donors (Lipinski definition) is 2. The summed E-state index contributed by atoms with van der Waals surface area (Å²) in [5.74, 6) is 0.263. The van der Waals surface area contributed by atoms with Crippen LogP contribution in [-0.2, 0) is 4.79 Å². The van der Waals surface area contributed by atoms with Crippen LogP contribution in [-0.4, -0.2) is 28.5 Å². The number of rotatable bonds is 5. The largest absolute Gasteiger partial charge is 0.484 e. The lowest BCUT2D eigenvalue weighted by Gasteiger charge is -2.08. The van der Waals surface area contributed by atoms with E-state index in [1.54, 1.807) is 31.2 Å². The second-order valence-electron chi connectivity index (χ2n) is 4.73. The monoisotopic (exact) mass is 287 g/mol. The summed E-state index contributed by atoms with van der Waals surface area (Å²) < 4.78 is 5.38. The predicted octanol–water partition coefficient (Wildman–Crippen LogP) is 2.25. The highest BCUT2D eigenvalue weighted by Crippen LogP contribution is 2.16. The van der Waals surface area contributed by atoms with Gasteiger partial charge >= 0.3 is 0 Å². The van der Waals surface area contributed by atoms with E-state index in [2.05, 4.69) is 15.5 Å². The molecule has 0 radical (unpaired) electrons. The molecule has 0 aliphatic carbocycles. The van der Waals surface area contributed by atoms with Crippen molar-refractivity contribution in [3.8, 4) is 5.75 Å². The number of carbonyl (C=O) groups is 2. The maximum Gasteiger partial charge on any atom is 0.262 e. The lowest BCUT2D eigenvalue weighted by atomic mass is 10.1. The molecule has 0 fully saturated rings. The highest BCUT2D eigenvalue weighted by Gasteiger charge is 2.10. The van der Waals surface area contributed by atoms with Crippen molar-refractivity contribution in [2.75, 3.05) is 11.9 Å². The molecular formula is C15H17N3O3. The Morgan fingerprint density at radius 1 is 1.24 bits per heavy atom. The lowest BCUT2D eigenvalue weighted by Crippen LogP contribution is -2.20. The quantitative estimate of drug-likeness (QED) is 0.826. The third-order valence-electron chi connectivity index (χ3n) is 3.02. The van der Waals surface area contributed by atoms with Crippen LogP contribution in [0.4, 0.5) is 5.69 Å². The van der Waals surface area contributed by atoms with Crippen LogP contribution >= 0.6 is 0 Å². The number of aromatic nitrogens is 2. The van der Waals surface area contributed by atoms with E-state index in [4.69, 9.17) is 4.74 Å². The lowest BCUT2D eigenvalue weighted by molar-refractivity contribution is -0.118. The summed E-state index contributed by atoms with van der Waals surface area (Å²) in [7, 11) is 0. The zero-order valence-corrected chi connectivity index (χ0v) is 12.2. The van der Waals surface area contributed by atoms with Gasteiger partial charge in [0.1, 0.15) is 5.75 Å². The Morgan fingerprint density at radius 3 is 2.43 bits per heavy atom. The van der Waals surface area contributed by atoms with Gasteiger partial charge in [-0.05, 0) is 45.0 Å². The molecule has 0 atom stereocenters. The molecule has 2 aromatic rings. The fourth-order valence-electron chi connectivity index (χ4n) is 1.85. The van der Waals surface area contributed by atoms with Crippen molar-refractivity contribution in [2.24, 2.45) is 0 Å². The van der Waals surface area contributed by atoms with E-state index < -0.39 is 0 Å². The van der Waals surface area contributed by atoms with Gasteiger partial charge in [-0.15, -0.1) is 0 Å². The average molecular weight is 287 g/mol. The van der Waals surface area contributed by atoms with Gasteiger partial charge in [-0.25, -0.2) is 0 Å². The molecule has 0 saturated carbocycles. The Morgan fingerprint density at radius 2 is 1.90 bits per heavy atom. The van der Waals surface area contributed by atoms with E-state index >= 15 is 0 Å². The molecule has 2 rings (SSSR count). The first kappa shape index (κ1) is 14.8. The average Bonchev–Trinajstić information content (AvgIpc) is 2.77. The normalized spacial score (nSPS) is 10.2. The van der Waals surface area contributed by atoms with Gasteiger partial charge in [0, 0.05) is 5.56 Å². The van der Waals surface area contributed by atoms with Crippen molar-refractivity contribution in [1.82, 2.24) is 10.2 Å². The maximum absolute atomic E-state index is 11.8. The number of nitrogens with zero attached hydrogens (tertiary/aromatic N) is 1. The molecule has 0 aliphatic heterocycles. The number of ketones is 1. The van der Waals surface area contributed by atoms with E-state index in [1.165, 1.54) is 6.92 Å². The summed E-state index contributed by atoms with van der Waals surface area (Å²) >= 11 is 0. The van der Waals surface area contributed by atoms with Crippen molar-refractivity contribution >= 4 is 17.4 Å². The van der Waals surface area contributed by atoms with Gasteiger partial charge in [0.05, 0.1) is 17.1 Å². The van der Waals surface area contributed by atoms with E-state index in [0.29, 0.717) is 17.0 Å². The van der Waals surface area contributed by atoms with Crippen LogP contribution in [0.25, 0.3) is 0 Å². The second kappa shape index (κ2) is 6.21. The van der Waals surface area contributed by atoms with Crippen LogP contribution in [0.3, 0.4) is 0 Å². The summed E-state index contributed by atoms with van der Waals surface area (Å²) in [5.41, 5.74) is 2.81. The molecule has 0 bridgehead atoms. The zero-order chi connectivity index (χ0) is 15.4. The van der Waals surface area contributed by atoms with E-state index in [0.717, 1.165) is 11.4 Å². The van der Waals surface area contributed by atoms with Gasteiger partial charge in [-0.1, -0.05) is 0 Å². The molecule has 110 valence electrons. The van der Waals surface area contributed by atoms with E-state index in [1.807, 2.05) is 6.92 Å². The first-order chi connectivity index (χ1) is 9.97. The van der Waals surface area contributed by atoms with Gasteiger partial charge in [0.25, 0.3) is 5.91 Å². The summed E-state index contributed by atoms with van der Waals surface area (Å²) in [6, 6.07) is 6.66. The first-order valence-electron chi connectivity index (χ1n) is 6.52. The van der Waals surface area contributed by atoms with Crippen LogP contribution < -0.4 is 10.1 Å². The highest BCUT2D eigenvalue weighted by molar-refractivity contribution is 5.94. The van der Waals surface area contributed by atoms with Crippen molar-refractivity contribution in [3.05, 3.63) is 41.2 Å². The summed E-state index contributed by atoms with van der Waals surface area (Å²) in [5, 5.41) is 9.54. The number of Topliss-reactive ketones (excluding diaryl/α,β-unsaturated/α-hetero) is 1. The van der Waals surface area contributed by atoms with Crippen LogP contribution in [0.1, 0.15) is 28.7 Å². The topological polar surface area (TPSA) is 84.1 Å². The zero-order valence-electron chi connectivity index (χ0n) is 12.2. The number of ether oxygens (including phenoxy) is 1. The van der Waals surface area contributed by atoms with E-state index in [-0.39, 0.29) is 18.3 Å². The molecule has 1 aromatic carbocycles. The third-order valence-corrected chi connectivity index (χ3v) is 3.02. The minimum Gasteiger partial charge on any atom is -0.484 e. The van der Waals surface area contributed by atoms with Crippen LogP contribution in [0.15, 0.2) is 24.3 Å². The number of H-pyrrole nitrogens is 1. The minimum atomic E-state index is -0.266. The Bertz CT molecular complexity index is 640. The molecule has 0 spiro atoms. The minimum absolute atomic E-state index is 0.00907. The number of amides is 1. The molecule has 21 heavy (non-hydrogen) atoms. The molecule has 1 aromatic heterocycles. The predicted molar refractivity (Wildman–Crippen MR) is 78.6 cm³/mol. The Labute approximate surface area is 122 Å². The highest BCUT2D eigenvalue weighted by atomic mass is 16.5. The number of anilines is 1. The SMILES string of the molecule is CC(=O)c1ccc(OCC(=O)Nc2c(C)n[nH]c2C)cc1. The Kier molecular flexibility index (Phi) is 4.37. The van der Waals surface area contributed by atoms with Gasteiger partial charge in [-0.3, -0.25) is 14.7 Å². The van der Waals surface area contributed by atoms with Crippen LogP contribution in [0, 0.1) is 13.8 Å². The Balaban J connectivity index is 1.91. The molecule has 1 heterocycles. The molecule has 0 unspecified atom stereocenters. The van der Waals surface area contributed by atoms with Crippen LogP contribution in [0.2, 0.25) is 0 Å². The smallest absolute Gasteiger partial charge is 0.262 e. The Hall–Kier alpha value is -2.63. The van der Waals surface area contributed by atoms with Crippen molar-refractivity contribution in [1.29, 1.82) is 0 Å². The standard InChI is InChI=1S/C15H17N3O3/c1-9-15(10(2)18-17-9)16-14(20)8-21-13-6-4-12(5-7-13)11(3)19/h4-7H,8H2,1-3H3,(H,16,20)(H,17,18). The first-order valence-corrected chi connectivity index (χ1v) is 6.52. The fourth-order valence-corrected chi connectivity index (χ4v) is 1.85. The van der Waals surface area contributed by atoms with Gasteiger partial charge in [-0.2, -0.15) is 5.10 Å². The molecule has 6 nitrogen and oxygen atoms in total. The number of nitrogens with one attached hydrogen (secondary N) is 2. The molecule has 6 heteroatoms. The van der Waals surface area contributed by atoms with Crippen molar-refractivity contribution in [2.45, 2.75) is 20.8 Å². The maximum atomic E-state index is 11.8. The molecule has 0 saturated heterocycles. The molecule has 1 amide bonds. The molecule has 0 aliphatic rings. The number of benzene rings is 1. The number of aryl methyl sites for hydroxylation is 2. The summed E-state index contributed by atoms with van der Waals surface area (Å²) in [6.07, 6.45) is 0. The fraction of sp³-hybridized carbons (Fsp3) is 0.267. The van der Waals surface area contributed by atoms with Gasteiger partial charge < -0.3 is 10.1 Å². The van der Waals surface area contributed by atoms with Gasteiger partial charge in [0.15, 0.2) is 12.4 Å². The number of carbonyl (C=O) groups excluding carboxylic acids is 2. The second-order valence-corrected chi connectivity index (χ2v) is 4.73. The van der Waals surface area contributed by atoms with E-state index in [9.17, 15) is 9.59 Å². The van der Waals surface area contributed by atoms with Crippen molar-refractivity contribution in [3.63, 3.8) is 0 Å². The molecular weight excluding hydrogens is 270 g/mol.